The number of hydrogen-bond acceptors (Lipinski definition) is 4. The first-order valence-electron chi connectivity index (χ1n) is 7.69. The van der Waals surface area contributed by atoms with Crippen LogP contribution in [0.4, 0.5) is 0 Å². The molecule has 1 saturated heterocycles. The van der Waals surface area contributed by atoms with Crippen molar-refractivity contribution in [3.63, 3.8) is 0 Å². The van der Waals surface area contributed by atoms with E-state index in [9.17, 15) is 0 Å². The number of piperazine rings is 1. The molecule has 0 aliphatic carbocycles. The summed E-state index contributed by atoms with van der Waals surface area (Å²) in [7, 11) is 4.35. The maximum absolute atomic E-state index is 6.43. The first-order chi connectivity index (χ1) is 9.51. The van der Waals surface area contributed by atoms with Crippen LogP contribution < -0.4 is 5.73 Å². The van der Waals surface area contributed by atoms with Crippen LogP contribution >= 0.6 is 0 Å². The molecule has 1 fully saturated rings. The fourth-order valence-electron chi connectivity index (χ4n) is 2.80. The molecule has 0 amide bonds. The van der Waals surface area contributed by atoms with Crippen molar-refractivity contribution in [3.8, 4) is 0 Å². The Morgan fingerprint density at radius 1 is 1.40 bits per heavy atom. The van der Waals surface area contributed by atoms with Gasteiger partial charge in [-0.05, 0) is 33.5 Å². The number of aromatic nitrogens is 2. The maximum atomic E-state index is 6.43. The van der Waals surface area contributed by atoms with Gasteiger partial charge in [-0.25, -0.2) is 0 Å². The van der Waals surface area contributed by atoms with Gasteiger partial charge in [0.05, 0.1) is 5.69 Å². The monoisotopic (exact) mass is 279 g/mol. The molecule has 1 aromatic heterocycles. The summed E-state index contributed by atoms with van der Waals surface area (Å²) in [6.45, 7) is 7.65. The molecule has 2 rings (SSSR count). The Labute approximate surface area is 122 Å². The number of hydrogen-bond donors (Lipinski definition) is 1. The van der Waals surface area contributed by atoms with Crippen molar-refractivity contribution in [2.24, 2.45) is 5.73 Å². The van der Waals surface area contributed by atoms with Gasteiger partial charge in [0, 0.05) is 50.4 Å². The molecule has 0 spiro atoms. The van der Waals surface area contributed by atoms with E-state index in [2.05, 4.69) is 59.8 Å². The van der Waals surface area contributed by atoms with E-state index in [1.54, 1.807) is 0 Å². The Hall–Kier alpha value is -0.910. The maximum Gasteiger partial charge on any atom is 0.0640 e. The summed E-state index contributed by atoms with van der Waals surface area (Å²) in [5.74, 6) is 0. The van der Waals surface area contributed by atoms with Crippen LogP contribution in [0.15, 0.2) is 12.3 Å². The topological polar surface area (TPSA) is 50.3 Å². The van der Waals surface area contributed by atoms with Gasteiger partial charge in [0.1, 0.15) is 0 Å². The van der Waals surface area contributed by atoms with Crippen LogP contribution in [0.5, 0.6) is 0 Å². The van der Waals surface area contributed by atoms with E-state index in [1.807, 2.05) is 0 Å². The van der Waals surface area contributed by atoms with Crippen molar-refractivity contribution in [3.05, 3.63) is 18.0 Å². The van der Waals surface area contributed by atoms with Crippen molar-refractivity contribution >= 4 is 0 Å². The lowest BCUT2D eigenvalue weighted by Gasteiger charge is -2.40. The van der Waals surface area contributed by atoms with Gasteiger partial charge in [-0.1, -0.05) is 6.92 Å². The summed E-state index contributed by atoms with van der Waals surface area (Å²) in [5.41, 5.74) is 7.54. The molecule has 3 atom stereocenters. The van der Waals surface area contributed by atoms with E-state index in [0.717, 1.165) is 38.2 Å². The minimum absolute atomic E-state index is 0.142. The zero-order valence-corrected chi connectivity index (χ0v) is 13.3. The Kier molecular flexibility index (Phi) is 5.18. The van der Waals surface area contributed by atoms with E-state index < -0.39 is 0 Å². The SMILES string of the molecule is CCC(C)n1ccc(CC(N)C2CN(C)CCN2C)n1. The highest BCUT2D eigenvalue weighted by molar-refractivity contribution is 5.04. The number of rotatable bonds is 5. The first-order valence-corrected chi connectivity index (χ1v) is 7.69. The highest BCUT2D eigenvalue weighted by Crippen LogP contribution is 2.14. The third kappa shape index (κ3) is 3.59. The molecule has 1 aliphatic rings. The van der Waals surface area contributed by atoms with Gasteiger partial charge in [-0.2, -0.15) is 5.10 Å². The summed E-state index contributed by atoms with van der Waals surface area (Å²) in [4.78, 5) is 4.75. The molecule has 2 heterocycles. The predicted octanol–water partition coefficient (Wildman–Crippen LogP) is 0.970. The average Bonchev–Trinajstić information content (AvgIpc) is 2.89. The molecule has 3 unspecified atom stereocenters. The van der Waals surface area contributed by atoms with E-state index in [0.29, 0.717) is 12.1 Å². The Balaban J connectivity index is 1.96. The summed E-state index contributed by atoms with van der Waals surface area (Å²) in [6.07, 6.45) is 4.03. The van der Waals surface area contributed by atoms with Gasteiger partial charge in [0.15, 0.2) is 0 Å². The summed E-state index contributed by atoms with van der Waals surface area (Å²) < 4.78 is 2.05. The lowest BCUT2D eigenvalue weighted by Crippen LogP contribution is -2.58. The van der Waals surface area contributed by atoms with E-state index >= 15 is 0 Å². The normalized spacial score (nSPS) is 24.8. The smallest absolute Gasteiger partial charge is 0.0640 e. The lowest BCUT2D eigenvalue weighted by atomic mass is 10.0. The van der Waals surface area contributed by atoms with Crippen molar-refractivity contribution in [1.82, 2.24) is 19.6 Å². The average molecular weight is 279 g/mol. The molecule has 0 bridgehead atoms. The summed E-state index contributed by atoms with van der Waals surface area (Å²) in [6, 6.07) is 3.13. The van der Waals surface area contributed by atoms with Crippen LogP contribution in [0.2, 0.25) is 0 Å². The molecule has 0 aromatic carbocycles. The van der Waals surface area contributed by atoms with Crippen molar-refractivity contribution in [2.75, 3.05) is 33.7 Å². The fourth-order valence-corrected chi connectivity index (χ4v) is 2.80. The standard InChI is InChI=1S/C15H29N5/c1-5-12(2)20-7-6-13(17-20)10-14(16)15-11-18(3)8-9-19(15)4/h6-7,12,14-15H,5,8-11,16H2,1-4H3. The Bertz CT molecular complexity index is 416. The lowest BCUT2D eigenvalue weighted by molar-refractivity contribution is 0.0971. The van der Waals surface area contributed by atoms with E-state index in [1.165, 1.54) is 0 Å². The third-order valence-electron chi connectivity index (χ3n) is 4.54. The summed E-state index contributed by atoms with van der Waals surface area (Å²) in [5, 5.41) is 4.66. The fraction of sp³-hybridized carbons (Fsp3) is 0.800. The molecule has 5 nitrogen and oxygen atoms in total. The van der Waals surface area contributed by atoms with Crippen LogP contribution in [0.3, 0.4) is 0 Å². The molecule has 0 saturated carbocycles. The predicted molar refractivity (Wildman–Crippen MR) is 82.8 cm³/mol. The molecule has 114 valence electrons. The number of nitrogens with zero attached hydrogens (tertiary/aromatic N) is 4. The van der Waals surface area contributed by atoms with Gasteiger partial charge >= 0.3 is 0 Å². The largest absolute Gasteiger partial charge is 0.326 e. The zero-order valence-electron chi connectivity index (χ0n) is 13.3. The Morgan fingerprint density at radius 2 is 2.15 bits per heavy atom. The minimum Gasteiger partial charge on any atom is -0.326 e. The van der Waals surface area contributed by atoms with Crippen LogP contribution in [0.1, 0.15) is 32.0 Å². The highest BCUT2D eigenvalue weighted by atomic mass is 15.3. The quantitative estimate of drug-likeness (QED) is 0.872. The molecule has 2 N–H and O–H groups in total. The molecule has 5 heteroatoms. The van der Waals surface area contributed by atoms with Crippen LogP contribution in [0.25, 0.3) is 0 Å². The highest BCUT2D eigenvalue weighted by Gasteiger charge is 2.28. The van der Waals surface area contributed by atoms with Gasteiger partial charge in [0.25, 0.3) is 0 Å². The minimum atomic E-state index is 0.142. The molecular formula is C15H29N5. The molecule has 0 radical (unpaired) electrons. The second-order valence-electron chi connectivity index (χ2n) is 6.22. The van der Waals surface area contributed by atoms with Crippen LogP contribution in [-0.2, 0) is 6.42 Å². The summed E-state index contributed by atoms with van der Waals surface area (Å²) >= 11 is 0. The number of likely N-dealkylation sites (N-methyl/N-ethyl adjacent to an activating group) is 2. The van der Waals surface area contributed by atoms with E-state index in [4.69, 9.17) is 5.73 Å². The molecule has 20 heavy (non-hydrogen) atoms. The third-order valence-corrected chi connectivity index (χ3v) is 4.54. The van der Waals surface area contributed by atoms with Crippen molar-refractivity contribution < 1.29 is 0 Å². The zero-order chi connectivity index (χ0) is 14.7. The van der Waals surface area contributed by atoms with Crippen molar-refractivity contribution in [1.29, 1.82) is 0 Å². The van der Waals surface area contributed by atoms with Gasteiger partial charge in [-0.15, -0.1) is 0 Å². The Morgan fingerprint density at radius 3 is 2.85 bits per heavy atom. The van der Waals surface area contributed by atoms with E-state index in [-0.39, 0.29) is 6.04 Å². The second-order valence-corrected chi connectivity index (χ2v) is 6.22. The van der Waals surface area contributed by atoms with Gasteiger partial charge < -0.3 is 10.6 Å². The first kappa shape index (κ1) is 15.5. The van der Waals surface area contributed by atoms with Crippen LogP contribution in [0, 0.1) is 0 Å². The molecule has 1 aromatic rings. The van der Waals surface area contributed by atoms with Crippen LogP contribution in [-0.4, -0.2) is 65.4 Å². The molecular weight excluding hydrogens is 250 g/mol. The number of nitrogens with two attached hydrogens (primary N) is 1. The van der Waals surface area contributed by atoms with Crippen molar-refractivity contribution in [2.45, 2.75) is 44.8 Å². The molecule has 1 aliphatic heterocycles. The van der Waals surface area contributed by atoms with Gasteiger partial charge in [0.2, 0.25) is 0 Å². The second kappa shape index (κ2) is 6.70. The van der Waals surface area contributed by atoms with Gasteiger partial charge in [-0.3, -0.25) is 9.58 Å².